The molecule has 0 atom stereocenters. The molecule has 0 aliphatic rings. The van der Waals surface area contributed by atoms with Crippen molar-refractivity contribution in [1.29, 1.82) is 0 Å². The number of amides is 1. The molecule has 0 radical (unpaired) electrons. The average Bonchev–Trinajstić information content (AvgIpc) is 2.20. The molecule has 0 saturated heterocycles. The number of ether oxygens (including phenoxy) is 1. The summed E-state index contributed by atoms with van der Waals surface area (Å²) in [7, 11) is 1.38. The minimum atomic E-state index is -0.347. The lowest BCUT2D eigenvalue weighted by Crippen LogP contribution is -2.39. The molecule has 0 saturated carbocycles. The summed E-state index contributed by atoms with van der Waals surface area (Å²) in [4.78, 5) is 10.9. The fourth-order valence-corrected chi connectivity index (χ4v) is 1.96. The topological polar surface area (TPSA) is 38.3 Å². The zero-order chi connectivity index (χ0) is 10.3. The summed E-state index contributed by atoms with van der Waals surface area (Å²) >= 11 is 1.80. The van der Waals surface area contributed by atoms with Crippen LogP contribution in [-0.2, 0) is 4.74 Å². The molecular formula is C9H19NO2S. The van der Waals surface area contributed by atoms with E-state index in [0.29, 0.717) is 6.54 Å². The Balaban J connectivity index is 4.02. The van der Waals surface area contributed by atoms with Gasteiger partial charge in [-0.15, -0.1) is 0 Å². The number of carbonyl (C=O) groups is 1. The summed E-state index contributed by atoms with van der Waals surface area (Å²) in [5.74, 6) is 0. The number of hydrogen-bond donors (Lipinski definition) is 1. The molecule has 0 rings (SSSR count). The summed E-state index contributed by atoms with van der Waals surface area (Å²) in [6.45, 7) is 4.95. The summed E-state index contributed by atoms with van der Waals surface area (Å²) < 4.78 is 4.68. The molecule has 0 unspecified atom stereocenters. The van der Waals surface area contributed by atoms with Crippen LogP contribution in [0.5, 0.6) is 0 Å². The monoisotopic (exact) mass is 205 g/mol. The first-order chi connectivity index (χ1) is 6.14. The molecule has 0 aromatic rings. The summed E-state index contributed by atoms with van der Waals surface area (Å²) in [6.07, 6.45) is 3.83. The fraction of sp³-hybridized carbons (Fsp3) is 0.889. The summed E-state index contributed by atoms with van der Waals surface area (Å²) in [5.41, 5.74) is 0. The minimum absolute atomic E-state index is 0.161. The molecule has 0 bridgehead atoms. The van der Waals surface area contributed by atoms with Crippen molar-refractivity contribution in [1.82, 2.24) is 5.32 Å². The van der Waals surface area contributed by atoms with Crippen LogP contribution < -0.4 is 5.32 Å². The Morgan fingerprint density at radius 1 is 1.46 bits per heavy atom. The number of hydrogen-bond acceptors (Lipinski definition) is 3. The van der Waals surface area contributed by atoms with Gasteiger partial charge in [-0.3, -0.25) is 0 Å². The second-order valence-corrected chi connectivity index (χ2v) is 4.21. The number of thioether (sulfide) groups is 1. The predicted octanol–water partition coefficient (Wildman–Crippen LogP) is 2.26. The molecule has 1 amide bonds. The highest BCUT2D eigenvalue weighted by molar-refractivity contribution is 8.00. The molecular weight excluding hydrogens is 186 g/mol. The fourth-order valence-electron chi connectivity index (χ4n) is 1.17. The Bertz CT molecular complexity index is 149. The number of methoxy groups -OCH3 is 1. The standard InChI is InChI=1S/C9H19NO2S/c1-5-9(6-2,13-4)7-10-8(11)12-3/h5-7H2,1-4H3,(H,10,11). The Kier molecular flexibility index (Phi) is 5.95. The third kappa shape index (κ3) is 3.89. The molecule has 3 nitrogen and oxygen atoms in total. The van der Waals surface area contributed by atoms with Crippen molar-refractivity contribution in [3.05, 3.63) is 0 Å². The van der Waals surface area contributed by atoms with E-state index in [1.54, 1.807) is 11.8 Å². The number of rotatable bonds is 5. The largest absolute Gasteiger partial charge is 0.453 e. The van der Waals surface area contributed by atoms with Gasteiger partial charge in [0.1, 0.15) is 0 Å². The molecule has 0 aliphatic carbocycles. The second kappa shape index (κ2) is 6.13. The van der Waals surface area contributed by atoms with Gasteiger partial charge in [0, 0.05) is 11.3 Å². The van der Waals surface area contributed by atoms with Crippen LogP contribution in [0.1, 0.15) is 26.7 Å². The zero-order valence-corrected chi connectivity index (χ0v) is 9.66. The molecule has 0 aliphatic heterocycles. The van der Waals surface area contributed by atoms with E-state index in [9.17, 15) is 4.79 Å². The molecule has 4 heteroatoms. The van der Waals surface area contributed by atoms with Crippen molar-refractivity contribution in [2.24, 2.45) is 0 Å². The van der Waals surface area contributed by atoms with E-state index in [1.165, 1.54) is 7.11 Å². The lowest BCUT2D eigenvalue weighted by molar-refractivity contribution is 0.169. The van der Waals surface area contributed by atoms with Gasteiger partial charge in [-0.1, -0.05) is 13.8 Å². The van der Waals surface area contributed by atoms with Crippen LogP contribution in [0.2, 0.25) is 0 Å². The number of alkyl carbamates (subject to hydrolysis) is 1. The third-order valence-corrected chi connectivity index (χ3v) is 4.05. The summed E-state index contributed by atoms with van der Waals surface area (Å²) in [6, 6.07) is 0. The van der Waals surface area contributed by atoms with Crippen molar-refractivity contribution >= 4 is 17.9 Å². The first kappa shape index (κ1) is 12.6. The highest BCUT2D eigenvalue weighted by Crippen LogP contribution is 2.29. The first-order valence-electron chi connectivity index (χ1n) is 4.51. The van der Waals surface area contributed by atoms with E-state index in [-0.39, 0.29) is 10.8 Å². The van der Waals surface area contributed by atoms with Crippen LogP contribution in [0.3, 0.4) is 0 Å². The highest BCUT2D eigenvalue weighted by Gasteiger charge is 2.25. The van der Waals surface area contributed by atoms with E-state index in [4.69, 9.17) is 0 Å². The second-order valence-electron chi connectivity index (χ2n) is 2.94. The van der Waals surface area contributed by atoms with Crippen molar-refractivity contribution < 1.29 is 9.53 Å². The van der Waals surface area contributed by atoms with E-state index in [0.717, 1.165) is 12.8 Å². The van der Waals surface area contributed by atoms with E-state index < -0.39 is 0 Å². The maximum absolute atomic E-state index is 10.9. The Morgan fingerprint density at radius 2 is 2.00 bits per heavy atom. The van der Waals surface area contributed by atoms with E-state index in [2.05, 4.69) is 30.2 Å². The van der Waals surface area contributed by atoms with Gasteiger partial charge in [-0.05, 0) is 19.1 Å². The Hall–Kier alpha value is -0.380. The molecule has 0 heterocycles. The quantitative estimate of drug-likeness (QED) is 0.748. The Labute approximate surface area is 84.6 Å². The van der Waals surface area contributed by atoms with Crippen LogP contribution in [0.15, 0.2) is 0 Å². The maximum atomic E-state index is 10.9. The molecule has 1 N–H and O–H groups in total. The van der Waals surface area contributed by atoms with Gasteiger partial charge < -0.3 is 10.1 Å². The molecule has 0 aromatic heterocycles. The van der Waals surface area contributed by atoms with Crippen LogP contribution in [0.25, 0.3) is 0 Å². The third-order valence-electron chi connectivity index (χ3n) is 2.46. The lowest BCUT2D eigenvalue weighted by Gasteiger charge is -2.29. The SMILES string of the molecule is CCC(CC)(CNC(=O)OC)SC. The molecule has 0 aromatic carbocycles. The highest BCUT2D eigenvalue weighted by atomic mass is 32.2. The average molecular weight is 205 g/mol. The lowest BCUT2D eigenvalue weighted by atomic mass is 10.0. The van der Waals surface area contributed by atoms with Gasteiger partial charge in [0.15, 0.2) is 0 Å². The maximum Gasteiger partial charge on any atom is 0.406 e. The van der Waals surface area contributed by atoms with Gasteiger partial charge >= 0.3 is 6.09 Å². The van der Waals surface area contributed by atoms with E-state index in [1.807, 2.05) is 0 Å². The van der Waals surface area contributed by atoms with Gasteiger partial charge in [0.2, 0.25) is 0 Å². The summed E-state index contributed by atoms with van der Waals surface area (Å²) in [5, 5.41) is 2.74. The first-order valence-corrected chi connectivity index (χ1v) is 5.73. The van der Waals surface area contributed by atoms with Gasteiger partial charge in [0.05, 0.1) is 7.11 Å². The van der Waals surface area contributed by atoms with Crippen LogP contribution in [0.4, 0.5) is 4.79 Å². The van der Waals surface area contributed by atoms with Gasteiger partial charge in [-0.25, -0.2) is 4.79 Å². The van der Waals surface area contributed by atoms with Crippen molar-refractivity contribution in [2.45, 2.75) is 31.4 Å². The van der Waals surface area contributed by atoms with Gasteiger partial charge in [-0.2, -0.15) is 11.8 Å². The normalized spacial score (nSPS) is 11.1. The molecule has 0 fully saturated rings. The van der Waals surface area contributed by atoms with Crippen LogP contribution >= 0.6 is 11.8 Å². The number of carbonyl (C=O) groups excluding carboxylic acids is 1. The van der Waals surface area contributed by atoms with Crippen LogP contribution in [0, 0.1) is 0 Å². The molecule has 0 spiro atoms. The molecule has 13 heavy (non-hydrogen) atoms. The molecule has 78 valence electrons. The van der Waals surface area contributed by atoms with Crippen molar-refractivity contribution in [3.63, 3.8) is 0 Å². The van der Waals surface area contributed by atoms with Crippen LogP contribution in [-0.4, -0.2) is 30.8 Å². The predicted molar refractivity (Wildman–Crippen MR) is 57.2 cm³/mol. The van der Waals surface area contributed by atoms with Crippen molar-refractivity contribution in [3.8, 4) is 0 Å². The smallest absolute Gasteiger partial charge is 0.406 e. The van der Waals surface area contributed by atoms with Gasteiger partial charge in [0.25, 0.3) is 0 Å². The minimum Gasteiger partial charge on any atom is -0.453 e. The van der Waals surface area contributed by atoms with Crippen molar-refractivity contribution in [2.75, 3.05) is 19.9 Å². The number of nitrogens with one attached hydrogen (secondary N) is 1. The zero-order valence-electron chi connectivity index (χ0n) is 8.85. The Morgan fingerprint density at radius 3 is 2.31 bits per heavy atom. The van der Waals surface area contributed by atoms with E-state index >= 15 is 0 Å².